The lowest BCUT2D eigenvalue weighted by atomic mass is 10.2. The smallest absolute Gasteiger partial charge is 0.258 e. The van der Waals surface area contributed by atoms with Crippen LogP contribution in [-0.4, -0.2) is 24.4 Å². The Bertz CT molecular complexity index is 501. The number of imidazole rings is 1. The van der Waals surface area contributed by atoms with Crippen molar-refractivity contribution in [3.63, 3.8) is 0 Å². The van der Waals surface area contributed by atoms with Gasteiger partial charge in [-0.05, 0) is 6.42 Å². The summed E-state index contributed by atoms with van der Waals surface area (Å²) in [4.78, 5) is 6.63. The first-order valence-corrected chi connectivity index (χ1v) is 6.97. The molecule has 0 aliphatic heterocycles. The summed E-state index contributed by atoms with van der Waals surface area (Å²) in [6, 6.07) is 1.23. The topological polar surface area (TPSA) is 98.6 Å². The maximum absolute atomic E-state index is 11.9. The second-order valence-corrected chi connectivity index (χ2v) is 5.32. The van der Waals surface area contributed by atoms with Gasteiger partial charge in [0.05, 0.1) is 12.3 Å². The lowest BCUT2D eigenvalue weighted by Crippen LogP contribution is -2.33. The minimum atomic E-state index is -3.67. The molecule has 0 aliphatic carbocycles. The SMILES string of the molecule is CCCC(C#N)NS(=O)(=O)c1cnc(CC)[nH]1. The number of hydrogen-bond acceptors (Lipinski definition) is 4. The van der Waals surface area contributed by atoms with Crippen LogP contribution in [0.3, 0.4) is 0 Å². The van der Waals surface area contributed by atoms with E-state index in [1.807, 2.05) is 19.9 Å². The Labute approximate surface area is 101 Å². The molecule has 0 aromatic carbocycles. The first kappa shape index (κ1) is 13.7. The number of nitrogens with zero attached hydrogens (tertiary/aromatic N) is 2. The van der Waals surface area contributed by atoms with Crippen LogP contribution in [0.5, 0.6) is 0 Å². The molecule has 0 aliphatic rings. The highest BCUT2D eigenvalue weighted by Gasteiger charge is 2.21. The number of aromatic amines is 1. The average Bonchev–Trinajstić information content (AvgIpc) is 2.77. The van der Waals surface area contributed by atoms with E-state index in [9.17, 15) is 8.42 Å². The number of nitrogens with one attached hydrogen (secondary N) is 2. The number of nitriles is 1. The van der Waals surface area contributed by atoms with Crippen molar-refractivity contribution in [3.05, 3.63) is 12.0 Å². The van der Waals surface area contributed by atoms with Gasteiger partial charge in [0.2, 0.25) is 0 Å². The molecule has 0 saturated heterocycles. The number of aryl methyl sites for hydroxylation is 1. The molecule has 94 valence electrons. The zero-order valence-corrected chi connectivity index (χ0v) is 10.7. The van der Waals surface area contributed by atoms with Crippen LogP contribution < -0.4 is 4.72 Å². The molecule has 1 rings (SSSR count). The molecule has 7 heteroatoms. The highest BCUT2D eigenvalue weighted by Crippen LogP contribution is 2.08. The van der Waals surface area contributed by atoms with Gasteiger partial charge >= 0.3 is 0 Å². The Morgan fingerprint density at radius 2 is 2.29 bits per heavy atom. The molecule has 1 unspecified atom stereocenters. The number of aromatic nitrogens is 2. The van der Waals surface area contributed by atoms with Crippen molar-refractivity contribution in [1.29, 1.82) is 5.26 Å². The molecule has 2 N–H and O–H groups in total. The van der Waals surface area contributed by atoms with Crippen molar-refractivity contribution >= 4 is 10.0 Å². The third-order valence-electron chi connectivity index (χ3n) is 2.26. The maximum atomic E-state index is 11.9. The van der Waals surface area contributed by atoms with Crippen LogP contribution in [0.1, 0.15) is 32.5 Å². The van der Waals surface area contributed by atoms with E-state index in [-0.39, 0.29) is 5.03 Å². The van der Waals surface area contributed by atoms with Gasteiger partial charge in [0.1, 0.15) is 11.9 Å². The molecule has 1 atom stereocenters. The summed E-state index contributed by atoms with van der Waals surface area (Å²) in [5, 5.41) is 8.82. The molecule has 0 spiro atoms. The van der Waals surface area contributed by atoms with Gasteiger partial charge in [0.15, 0.2) is 5.03 Å². The molecule has 1 aromatic rings. The zero-order chi connectivity index (χ0) is 12.9. The predicted molar refractivity (Wildman–Crippen MR) is 62.6 cm³/mol. The van der Waals surface area contributed by atoms with E-state index in [0.717, 1.165) is 6.42 Å². The minimum Gasteiger partial charge on any atom is -0.332 e. The molecule has 0 amide bonds. The van der Waals surface area contributed by atoms with Crippen molar-refractivity contribution in [2.24, 2.45) is 0 Å². The summed E-state index contributed by atoms with van der Waals surface area (Å²) < 4.78 is 26.1. The lowest BCUT2D eigenvalue weighted by Gasteiger charge is -2.09. The van der Waals surface area contributed by atoms with Gasteiger partial charge in [-0.1, -0.05) is 20.3 Å². The molecule has 0 fully saturated rings. The molecule has 1 aromatic heterocycles. The fourth-order valence-corrected chi connectivity index (χ4v) is 2.46. The minimum absolute atomic E-state index is 0.00528. The van der Waals surface area contributed by atoms with Crippen molar-refractivity contribution in [1.82, 2.24) is 14.7 Å². The zero-order valence-electron chi connectivity index (χ0n) is 9.90. The van der Waals surface area contributed by atoms with Gasteiger partial charge in [-0.15, -0.1) is 0 Å². The fourth-order valence-electron chi connectivity index (χ4n) is 1.35. The Hall–Kier alpha value is -1.39. The summed E-state index contributed by atoms with van der Waals surface area (Å²) in [6.07, 6.45) is 3.13. The van der Waals surface area contributed by atoms with E-state index in [4.69, 9.17) is 5.26 Å². The summed E-state index contributed by atoms with van der Waals surface area (Å²) in [7, 11) is -3.67. The van der Waals surface area contributed by atoms with Gasteiger partial charge in [0.25, 0.3) is 10.0 Å². The highest BCUT2D eigenvalue weighted by molar-refractivity contribution is 7.89. The standard InChI is InChI=1S/C10H16N4O2S/c1-3-5-8(6-11)14-17(15,16)10-7-12-9(4-2)13-10/h7-8,14H,3-5H2,1-2H3,(H,12,13). The number of sulfonamides is 1. The number of H-pyrrole nitrogens is 1. The Balaban J connectivity index is 2.85. The van der Waals surface area contributed by atoms with Gasteiger partial charge in [0, 0.05) is 6.42 Å². The van der Waals surface area contributed by atoms with Crippen LogP contribution >= 0.6 is 0 Å². The van der Waals surface area contributed by atoms with Crippen molar-refractivity contribution < 1.29 is 8.42 Å². The summed E-state index contributed by atoms with van der Waals surface area (Å²) >= 11 is 0. The Morgan fingerprint density at radius 1 is 1.59 bits per heavy atom. The first-order valence-electron chi connectivity index (χ1n) is 5.49. The maximum Gasteiger partial charge on any atom is 0.258 e. The predicted octanol–water partition coefficient (Wildman–Crippen LogP) is 0.943. The van der Waals surface area contributed by atoms with Crippen LogP contribution in [0.4, 0.5) is 0 Å². The molecular weight excluding hydrogens is 240 g/mol. The summed E-state index contributed by atoms with van der Waals surface area (Å²) in [5.41, 5.74) is 0. The Kier molecular flexibility index (Phi) is 4.66. The van der Waals surface area contributed by atoms with Gasteiger partial charge < -0.3 is 4.98 Å². The van der Waals surface area contributed by atoms with Gasteiger partial charge in [-0.25, -0.2) is 13.4 Å². The van der Waals surface area contributed by atoms with Crippen LogP contribution in [0, 0.1) is 11.3 Å². The third-order valence-corrected chi connectivity index (χ3v) is 3.64. The van der Waals surface area contributed by atoms with Crippen LogP contribution in [0.2, 0.25) is 0 Å². The van der Waals surface area contributed by atoms with E-state index >= 15 is 0 Å². The third kappa shape index (κ3) is 3.54. The van der Waals surface area contributed by atoms with E-state index in [0.29, 0.717) is 18.7 Å². The first-order chi connectivity index (χ1) is 8.03. The van der Waals surface area contributed by atoms with Crippen LogP contribution in [-0.2, 0) is 16.4 Å². The molecule has 6 nitrogen and oxygen atoms in total. The molecule has 17 heavy (non-hydrogen) atoms. The second-order valence-electron chi connectivity index (χ2n) is 3.64. The second kappa shape index (κ2) is 5.80. The van der Waals surface area contributed by atoms with Crippen molar-refractivity contribution in [3.8, 4) is 6.07 Å². The normalized spacial score (nSPS) is 13.2. The van der Waals surface area contributed by atoms with Crippen molar-refractivity contribution in [2.75, 3.05) is 0 Å². The van der Waals surface area contributed by atoms with Crippen molar-refractivity contribution in [2.45, 2.75) is 44.2 Å². The average molecular weight is 256 g/mol. The van der Waals surface area contributed by atoms with Gasteiger partial charge in [-0.2, -0.15) is 9.98 Å². The quantitative estimate of drug-likeness (QED) is 0.791. The molecule has 0 radical (unpaired) electrons. The molecular formula is C10H16N4O2S. The largest absolute Gasteiger partial charge is 0.332 e. The Morgan fingerprint density at radius 3 is 2.76 bits per heavy atom. The summed E-state index contributed by atoms with van der Waals surface area (Å²) in [6.45, 7) is 3.77. The van der Waals surface area contributed by atoms with E-state index in [2.05, 4.69) is 14.7 Å². The van der Waals surface area contributed by atoms with E-state index in [1.54, 1.807) is 0 Å². The van der Waals surface area contributed by atoms with Gasteiger partial charge in [-0.3, -0.25) is 0 Å². The van der Waals surface area contributed by atoms with E-state index in [1.165, 1.54) is 6.20 Å². The molecule has 1 heterocycles. The molecule has 0 saturated carbocycles. The molecule has 0 bridgehead atoms. The van der Waals surface area contributed by atoms with E-state index < -0.39 is 16.1 Å². The fraction of sp³-hybridized carbons (Fsp3) is 0.600. The number of hydrogen-bond donors (Lipinski definition) is 2. The highest BCUT2D eigenvalue weighted by atomic mass is 32.2. The van der Waals surface area contributed by atoms with Crippen LogP contribution in [0.25, 0.3) is 0 Å². The lowest BCUT2D eigenvalue weighted by molar-refractivity contribution is 0.559. The summed E-state index contributed by atoms with van der Waals surface area (Å²) in [5.74, 6) is 0.606. The van der Waals surface area contributed by atoms with Crippen LogP contribution in [0.15, 0.2) is 11.2 Å². The monoisotopic (exact) mass is 256 g/mol. The number of rotatable bonds is 6.